The van der Waals surface area contributed by atoms with Crippen molar-refractivity contribution < 1.29 is 0 Å². The summed E-state index contributed by atoms with van der Waals surface area (Å²) in [6, 6.07) is 22.0. The van der Waals surface area contributed by atoms with Crippen molar-refractivity contribution in [1.82, 2.24) is 9.97 Å². The van der Waals surface area contributed by atoms with E-state index < -0.39 is 0 Å². The zero-order valence-corrected chi connectivity index (χ0v) is 11.5. The van der Waals surface area contributed by atoms with Crippen molar-refractivity contribution in [2.24, 2.45) is 0 Å². The molecule has 2 aromatic carbocycles. The van der Waals surface area contributed by atoms with Gasteiger partial charge in [0.25, 0.3) is 0 Å². The van der Waals surface area contributed by atoms with Crippen LogP contribution in [0, 0.1) is 0 Å². The molecule has 0 bridgehead atoms. The first-order valence-corrected chi connectivity index (χ1v) is 6.79. The quantitative estimate of drug-likeness (QED) is 0.767. The summed E-state index contributed by atoms with van der Waals surface area (Å²) in [5, 5.41) is 3.28. The fourth-order valence-corrected chi connectivity index (χ4v) is 2.10. The smallest absolute Gasteiger partial charge is 0.222 e. The molecule has 3 N–H and O–H groups in total. The predicted octanol–water partition coefficient (Wildman–Crippen LogP) is 3.34. The van der Waals surface area contributed by atoms with Gasteiger partial charge in [-0.1, -0.05) is 60.7 Å². The molecular weight excluding hydrogens is 260 g/mol. The van der Waals surface area contributed by atoms with Gasteiger partial charge in [-0.2, -0.15) is 4.98 Å². The minimum atomic E-state index is 0.270. The summed E-state index contributed by atoms with van der Waals surface area (Å²) in [6.07, 6.45) is 0. The summed E-state index contributed by atoms with van der Waals surface area (Å²) in [5.74, 6) is 0.997. The maximum absolute atomic E-state index is 5.80. The number of nitrogens with one attached hydrogen (secondary N) is 1. The van der Waals surface area contributed by atoms with Gasteiger partial charge >= 0.3 is 0 Å². The van der Waals surface area contributed by atoms with E-state index in [1.807, 2.05) is 54.6 Å². The van der Waals surface area contributed by atoms with Crippen LogP contribution < -0.4 is 11.1 Å². The first-order chi connectivity index (χ1) is 10.3. The van der Waals surface area contributed by atoms with Crippen LogP contribution in [0.2, 0.25) is 0 Å². The number of nitrogens with two attached hydrogens (primary N) is 1. The molecule has 21 heavy (non-hydrogen) atoms. The molecule has 0 saturated carbocycles. The van der Waals surface area contributed by atoms with Crippen LogP contribution in [0.25, 0.3) is 11.3 Å². The zero-order chi connectivity index (χ0) is 14.5. The number of hydrogen-bond acceptors (Lipinski definition) is 4. The lowest BCUT2D eigenvalue weighted by Crippen LogP contribution is -2.05. The average molecular weight is 276 g/mol. The highest BCUT2D eigenvalue weighted by Crippen LogP contribution is 2.20. The van der Waals surface area contributed by atoms with Gasteiger partial charge in [0.1, 0.15) is 5.82 Å². The molecule has 0 aliphatic carbocycles. The van der Waals surface area contributed by atoms with Crippen molar-refractivity contribution in [3.63, 3.8) is 0 Å². The number of rotatable bonds is 4. The standard InChI is InChI=1S/C17H16N4/c18-17-20-15(14-9-5-2-6-10-14)11-16(21-17)19-12-13-7-3-1-4-8-13/h1-11H,12H2,(H3,18,19,20,21). The second kappa shape index (κ2) is 6.05. The van der Waals surface area contributed by atoms with E-state index in [0.717, 1.165) is 17.1 Å². The topological polar surface area (TPSA) is 63.8 Å². The maximum atomic E-state index is 5.80. The maximum Gasteiger partial charge on any atom is 0.222 e. The zero-order valence-electron chi connectivity index (χ0n) is 11.5. The summed E-state index contributed by atoms with van der Waals surface area (Å²) in [7, 11) is 0. The monoisotopic (exact) mass is 276 g/mol. The molecule has 104 valence electrons. The third-order valence-corrected chi connectivity index (χ3v) is 3.13. The van der Waals surface area contributed by atoms with E-state index in [1.54, 1.807) is 0 Å². The van der Waals surface area contributed by atoms with Crippen LogP contribution in [-0.2, 0) is 6.54 Å². The second-order valence-corrected chi connectivity index (χ2v) is 4.70. The van der Waals surface area contributed by atoms with Crippen LogP contribution in [-0.4, -0.2) is 9.97 Å². The highest BCUT2D eigenvalue weighted by molar-refractivity contribution is 5.63. The van der Waals surface area contributed by atoms with E-state index in [9.17, 15) is 0 Å². The summed E-state index contributed by atoms with van der Waals surface area (Å²) < 4.78 is 0. The van der Waals surface area contributed by atoms with Gasteiger partial charge in [-0.3, -0.25) is 0 Å². The van der Waals surface area contributed by atoms with Crippen molar-refractivity contribution in [2.45, 2.75) is 6.54 Å². The lowest BCUT2D eigenvalue weighted by molar-refractivity contribution is 1.09. The van der Waals surface area contributed by atoms with Crippen molar-refractivity contribution in [3.8, 4) is 11.3 Å². The summed E-state index contributed by atoms with van der Waals surface area (Å²) in [5.41, 5.74) is 8.83. The fraction of sp³-hybridized carbons (Fsp3) is 0.0588. The van der Waals surface area contributed by atoms with Crippen LogP contribution in [0.3, 0.4) is 0 Å². The number of hydrogen-bond donors (Lipinski definition) is 2. The molecule has 0 fully saturated rings. The Morgan fingerprint density at radius 3 is 2.24 bits per heavy atom. The first-order valence-electron chi connectivity index (χ1n) is 6.79. The molecule has 0 amide bonds. The van der Waals surface area contributed by atoms with Gasteiger partial charge in [-0.25, -0.2) is 4.98 Å². The Morgan fingerprint density at radius 2 is 1.52 bits per heavy atom. The van der Waals surface area contributed by atoms with E-state index in [4.69, 9.17) is 5.73 Å². The molecule has 3 rings (SSSR count). The van der Waals surface area contributed by atoms with E-state index in [-0.39, 0.29) is 5.95 Å². The number of anilines is 2. The summed E-state index contributed by atoms with van der Waals surface area (Å²) in [6.45, 7) is 0.700. The first kappa shape index (κ1) is 13.1. The van der Waals surface area contributed by atoms with Gasteiger partial charge in [0, 0.05) is 18.2 Å². The molecule has 0 spiro atoms. The minimum absolute atomic E-state index is 0.270. The second-order valence-electron chi connectivity index (χ2n) is 4.70. The van der Waals surface area contributed by atoms with Crippen molar-refractivity contribution in [3.05, 3.63) is 72.3 Å². The van der Waals surface area contributed by atoms with Crippen LogP contribution in [0.1, 0.15) is 5.56 Å². The Hall–Kier alpha value is -2.88. The van der Waals surface area contributed by atoms with Gasteiger partial charge in [-0.15, -0.1) is 0 Å². The lowest BCUT2D eigenvalue weighted by atomic mass is 10.1. The molecule has 0 radical (unpaired) electrons. The number of benzene rings is 2. The van der Waals surface area contributed by atoms with E-state index in [1.165, 1.54) is 5.56 Å². The number of nitrogen functional groups attached to an aromatic ring is 1. The molecule has 3 aromatic rings. The lowest BCUT2D eigenvalue weighted by Gasteiger charge is -2.08. The van der Waals surface area contributed by atoms with Gasteiger partial charge in [0.2, 0.25) is 5.95 Å². The van der Waals surface area contributed by atoms with E-state index in [2.05, 4.69) is 27.4 Å². The van der Waals surface area contributed by atoms with Crippen LogP contribution in [0.5, 0.6) is 0 Å². The third kappa shape index (κ3) is 3.36. The van der Waals surface area contributed by atoms with Gasteiger partial charge in [0.15, 0.2) is 0 Å². The van der Waals surface area contributed by atoms with Crippen molar-refractivity contribution in [2.75, 3.05) is 11.1 Å². The largest absolute Gasteiger partial charge is 0.368 e. The Morgan fingerprint density at radius 1 is 0.857 bits per heavy atom. The Bertz CT molecular complexity index is 711. The number of nitrogens with zero attached hydrogens (tertiary/aromatic N) is 2. The molecule has 1 aromatic heterocycles. The van der Waals surface area contributed by atoms with Gasteiger partial charge < -0.3 is 11.1 Å². The summed E-state index contributed by atoms with van der Waals surface area (Å²) in [4.78, 5) is 8.52. The van der Waals surface area contributed by atoms with Crippen LogP contribution in [0.15, 0.2) is 66.7 Å². The fourth-order valence-electron chi connectivity index (χ4n) is 2.10. The Kier molecular flexibility index (Phi) is 3.78. The SMILES string of the molecule is Nc1nc(NCc2ccccc2)cc(-c2ccccc2)n1. The van der Waals surface area contributed by atoms with Crippen LogP contribution >= 0.6 is 0 Å². The van der Waals surface area contributed by atoms with E-state index >= 15 is 0 Å². The molecule has 0 aliphatic heterocycles. The van der Waals surface area contributed by atoms with E-state index in [0.29, 0.717) is 6.54 Å². The molecule has 1 heterocycles. The highest BCUT2D eigenvalue weighted by Gasteiger charge is 2.04. The molecule has 0 unspecified atom stereocenters. The molecule has 0 aliphatic rings. The molecule has 4 heteroatoms. The summed E-state index contributed by atoms with van der Waals surface area (Å²) >= 11 is 0. The normalized spacial score (nSPS) is 10.3. The highest BCUT2D eigenvalue weighted by atomic mass is 15.1. The van der Waals surface area contributed by atoms with Gasteiger partial charge in [0.05, 0.1) is 5.69 Å². The van der Waals surface area contributed by atoms with Gasteiger partial charge in [-0.05, 0) is 5.56 Å². The Balaban J connectivity index is 1.82. The average Bonchev–Trinajstić information content (AvgIpc) is 2.54. The molecule has 4 nitrogen and oxygen atoms in total. The minimum Gasteiger partial charge on any atom is -0.368 e. The predicted molar refractivity (Wildman–Crippen MR) is 85.6 cm³/mol. The van der Waals surface area contributed by atoms with Crippen molar-refractivity contribution >= 4 is 11.8 Å². The molecular formula is C17H16N4. The molecule has 0 atom stereocenters. The third-order valence-electron chi connectivity index (χ3n) is 3.13. The number of aromatic nitrogens is 2. The Labute approximate surface area is 123 Å². The van der Waals surface area contributed by atoms with Crippen LogP contribution in [0.4, 0.5) is 11.8 Å². The molecule has 0 saturated heterocycles. The van der Waals surface area contributed by atoms with Crippen molar-refractivity contribution in [1.29, 1.82) is 0 Å².